The summed E-state index contributed by atoms with van der Waals surface area (Å²) in [5.41, 5.74) is 1.47. The molecule has 32 heavy (non-hydrogen) atoms. The van der Waals surface area contributed by atoms with Crippen LogP contribution in [0.3, 0.4) is 0 Å². The minimum Gasteiger partial charge on any atom is -0.376 e. The van der Waals surface area contributed by atoms with E-state index < -0.39 is 10.0 Å². The van der Waals surface area contributed by atoms with Gasteiger partial charge in [-0.2, -0.15) is 0 Å². The van der Waals surface area contributed by atoms with Crippen molar-refractivity contribution in [1.29, 1.82) is 0 Å². The predicted molar refractivity (Wildman–Crippen MR) is 127 cm³/mol. The van der Waals surface area contributed by atoms with Crippen molar-refractivity contribution >= 4 is 43.0 Å². The molecule has 1 amide bonds. The van der Waals surface area contributed by atoms with Crippen LogP contribution in [0.4, 0.5) is 5.00 Å². The first-order valence-electron chi connectivity index (χ1n) is 11.1. The molecule has 6 nitrogen and oxygen atoms in total. The van der Waals surface area contributed by atoms with Crippen molar-refractivity contribution in [1.82, 2.24) is 5.32 Å². The van der Waals surface area contributed by atoms with Gasteiger partial charge in [0, 0.05) is 18.0 Å². The summed E-state index contributed by atoms with van der Waals surface area (Å²) in [6.07, 6.45) is 5.71. The number of carbonyl (C=O) groups excluding carboxylic acids is 1. The molecule has 2 aromatic carbocycles. The van der Waals surface area contributed by atoms with Crippen LogP contribution in [0.25, 0.3) is 10.8 Å². The molecule has 2 N–H and O–H groups in total. The van der Waals surface area contributed by atoms with E-state index in [1.807, 2.05) is 24.3 Å². The average Bonchev–Trinajstić information content (AvgIpc) is 3.44. The van der Waals surface area contributed by atoms with Crippen molar-refractivity contribution in [3.63, 3.8) is 0 Å². The highest BCUT2D eigenvalue weighted by molar-refractivity contribution is 7.93. The third kappa shape index (κ3) is 4.27. The summed E-state index contributed by atoms with van der Waals surface area (Å²) in [5, 5.41) is 5.22. The molecule has 1 aliphatic heterocycles. The quantitative estimate of drug-likeness (QED) is 0.556. The number of carbonyl (C=O) groups is 1. The van der Waals surface area contributed by atoms with E-state index in [4.69, 9.17) is 4.74 Å². The van der Waals surface area contributed by atoms with Crippen LogP contribution in [0.5, 0.6) is 0 Å². The number of hydrogen-bond acceptors (Lipinski definition) is 5. The minimum atomic E-state index is -3.84. The molecule has 5 rings (SSSR count). The van der Waals surface area contributed by atoms with Crippen LogP contribution in [0, 0.1) is 0 Å². The zero-order chi connectivity index (χ0) is 22.1. The van der Waals surface area contributed by atoms with Crippen LogP contribution < -0.4 is 10.0 Å². The molecule has 0 saturated carbocycles. The molecule has 1 aromatic heterocycles. The lowest BCUT2D eigenvalue weighted by atomic mass is 9.95. The lowest BCUT2D eigenvalue weighted by Crippen LogP contribution is -2.32. The summed E-state index contributed by atoms with van der Waals surface area (Å²) < 4.78 is 34.8. The number of aryl methyl sites for hydroxylation is 1. The highest BCUT2D eigenvalue weighted by atomic mass is 32.2. The summed E-state index contributed by atoms with van der Waals surface area (Å²) in [6.45, 7) is 1.17. The largest absolute Gasteiger partial charge is 0.376 e. The number of thiophene rings is 1. The Morgan fingerprint density at radius 2 is 1.88 bits per heavy atom. The van der Waals surface area contributed by atoms with Gasteiger partial charge in [-0.25, -0.2) is 8.42 Å². The van der Waals surface area contributed by atoms with Crippen LogP contribution in [0.15, 0.2) is 47.4 Å². The topological polar surface area (TPSA) is 84.5 Å². The molecule has 1 atom stereocenters. The maximum Gasteiger partial charge on any atom is 0.262 e. The van der Waals surface area contributed by atoms with Gasteiger partial charge in [-0.15, -0.1) is 11.3 Å². The zero-order valence-electron chi connectivity index (χ0n) is 17.7. The van der Waals surface area contributed by atoms with Crippen molar-refractivity contribution in [3.05, 3.63) is 58.5 Å². The normalized spacial score (nSPS) is 18.4. The van der Waals surface area contributed by atoms with Gasteiger partial charge in [-0.1, -0.05) is 30.3 Å². The predicted octanol–water partition coefficient (Wildman–Crippen LogP) is 4.49. The SMILES string of the molecule is O=C(NC[C@H]1CCCO1)c1c(NS(=O)(=O)c2ccc3ccccc3c2)sc2c1CCCC2. The van der Waals surface area contributed by atoms with Gasteiger partial charge in [0.25, 0.3) is 15.9 Å². The van der Waals surface area contributed by atoms with Crippen LogP contribution in [-0.2, 0) is 27.6 Å². The number of amides is 1. The van der Waals surface area contributed by atoms with Crippen molar-refractivity contribution in [2.75, 3.05) is 17.9 Å². The van der Waals surface area contributed by atoms with Crippen molar-refractivity contribution in [2.45, 2.75) is 49.5 Å². The Labute approximate surface area is 192 Å². The van der Waals surface area contributed by atoms with Gasteiger partial charge in [-0.05, 0) is 67.0 Å². The van der Waals surface area contributed by atoms with E-state index >= 15 is 0 Å². The number of ether oxygens (including phenoxy) is 1. The number of fused-ring (bicyclic) bond motifs is 2. The van der Waals surface area contributed by atoms with Gasteiger partial charge in [0.1, 0.15) is 5.00 Å². The zero-order valence-corrected chi connectivity index (χ0v) is 19.4. The third-order valence-electron chi connectivity index (χ3n) is 6.17. The van der Waals surface area contributed by atoms with E-state index in [0.717, 1.165) is 66.3 Å². The smallest absolute Gasteiger partial charge is 0.262 e. The van der Waals surface area contributed by atoms with Gasteiger partial charge in [0.15, 0.2) is 0 Å². The molecular formula is C24H26N2O4S2. The second-order valence-corrected chi connectivity index (χ2v) is 11.2. The highest BCUT2D eigenvalue weighted by Gasteiger charge is 2.29. The molecule has 1 fully saturated rings. The first-order valence-corrected chi connectivity index (χ1v) is 13.4. The standard InChI is InChI=1S/C24H26N2O4S2/c27-23(25-15-18-8-5-13-30-18)22-20-9-3-4-10-21(20)31-24(22)26-32(28,29)19-12-11-16-6-1-2-7-17(16)14-19/h1-2,6-7,11-12,14,18,26H,3-5,8-10,13,15H2,(H,25,27)/t18-/m1/s1. The molecule has 0 spiro atoms. The summed E-state index contributed by atoms with van der Waals surface area (Å²) in [4.78, 5) is 14.5. The maximum atomic E-state index is 13.2. The molecule has 0 unspecified atom stereocenters. The van der Waals surface area contributed by atoms with Gasteiger partial charge in [0.05, 0.1) is 16.6 Å². The van der Waals surface area contributed by atoms with Crippen LogP contribution >= 0.6 is 11.3 Å². The molecule has 2 aliphatic rings. The molecule has 168 valence electrons. The monoisotopic (exact) mass is 470 g/mol. The fourth-order valence-corrected chi connectivity index (χ4v) is 7.12. The van der Waals surface area contributed by atoms with Gasteiger partial charge in [0.2, 0.25) is 0 Å². The number of nitrogens with one attached hydrogen (secondary N) is 2. The van der Waals surface area contributed by atoms with Crippen LogP contribution in [-0.4, -0.2) is 33.6 Å². The summed E-state index contributed by atoms with van der Waals surface area (Å²) in [6, 6.07) is 12.7. The highest BCUT2D eigenvalue weighted by Crippen LogP contribution is 2.39. The number of hydrogen-bond donors (Lipinski definition) is 2. The fourth-order valence-electron chi connectivity index (χ4n) is 4.49. The lowest BCUT2D eigenvalue weighted by molar-refractivity contribution is 0.0858. The Kier molecular flexibility index (Phi) is 5.92. The number of rotatable bonds is 6. The Hall–Kier alpha value is -2.42. The second-order valence-electron chi connectivity index (χ2n) is 8.37. The molecule has 2 heterocycles. The molecular weight excluding hydrogens is 444 g/mol. The Bertz CT molecular complexity index is 1260. The fraction of sp³-hybridized carbons (Fsp3) is 0.375. The van der Waals surface area contributed by atoms with E-state index in [1.165, 1.54) is 11.3 Å². The number of anilines is 1. The molecule has 3 aromatic rings. The second kappa shape index (κ2) is 8.84. The van der Waals surface area contributed by atoms with E-state index in [9.17, 15) is 13.2 Å². The first-order chi connectivity index (χ1) is 15.5. The summed E-state index contributed by atoms with van der Waals surface area (Å²) in [5.74, 6) is -0.226. The van der Waals surface area contributed by atoms with Gasteiger partial charge >= 0.3 is 0 Å². The van der Waals surface area contributed by atoms with E-state index in [1.54, 1.807) is 18.2 Å². The lowest BCUT2D eigenvalue weighted by Gasteiger charge is -2.15. The van der Waals surface area contributed by atoms with Crippen molar-refractivity contribution in [2.24, 2.45) is 0 Å². The Morgan fingerprint density at radius 1 is 1.06 bits per heavy atom. The first kappa shape index (κ1) is 21.4. The average molecular weight is 471 g/mol. The molecule has 1 saturated heterocycles. The van der Waals surface area contributed by atoms with Crippen molar-refractivity contribution < 1.29 is 17.9 Å². The molecule has 1 aliphatic carbocycles. The number of sulfonamides is 1. The summed E-state index contributed by atoms with van der Waals surface area (Å²) in [7, 11) is -3.84. The summed E-state index contributed by atoms with van der Waals surface area (Å²) >= 11 is 1.39. The Balaban J connectivity index is 1.45. The Morgan fingerprint density at radius 3 is 2.69 bits per heavy atom. The maximum absolute atomic E-state index is 13.2. The van der Waals surface area contributed by atoms with E-state index in [2.05, 4.69) is 10.0 Å². The van der Waals surface area contributed by atoms with Gasteiger partial charge in [-0.3, -0.25) is 9.52 Å². The van der Waals surface area contributed by atoms with Crippen LogP contribution in [0.1, 0.15) is 46.5 Å². The number of benzene rings is 2. The third-order valence-corrected chi connectivity index (χ3v) is 8.85. The van der Waals surface area contributed by atoms with Crippen molar-refractivity contribution in [3.8, 4) is 0 Å². The van der Waals surface area contributed by atoms with E-state index in [0.29, 0.717) is 17.1 Å². The molecule has 0 radical (unpaired) electrons. The minimum absolute atomic E-state index is 0.0335. The molecule has 0 bridgehead atoms. The van der Waals surface area contributed by atoms with Crippen LogP contribution in [0.2, 0.25) is 0 Å². The molecule has 8 heteroatoms. The van der Waals surface area contributed by atoms with E-state index in [-0.39, 0.29) is 16.9 Å². The van der Waals surface area contributed by atoms with Gasteiger partial charge < -0.3 is 10.1 Å².